The number of benzene rings is 1. The average Bonchev–Trinajstić information content (AvgIpc) is 2.52. The number of methoxy groups -OCH3 is 1. The summed E-state index contributed by atoms with van der Waals surface area (Å²) < 4.78 is 10.6. The minimum Gasteiger partial charge on any atom is -0.383 e. The Hall–Kier alpha value is -0.610. The Labute approximate surface area is 133 Å². The van der Waals surface area contributed by atoms with Gasteiger partial charge in [-0.2, -0.15) is 0 Å². The van der Waals surface area contributed by atoms with E-state index in [-0.39, 0.29) is 0 Å². The largest absolute Gasteiger partial charge is 0.383 e. The van der Waals surface area contributed by atoms with E-state index in [9.17, 15) is 0 Å². The Morgan fingerprint density at radius 2 is 2.10 bits per heavy atom. The second kappa shape index (κ2) is 9.42. The highest BCUT2D eigenvalue weighted by Gasteiger charge is 2.21. The van der Waals surface area contributed by atoms with E-state index < -0.39 is 0 Å². The molecule has 1 aromatic rings. The van der Waals surface area contributed by atoms with Gasteiger partial charge in [0.25, 0.3) is 0 Å². The maximum Gasteiger partial charge on any atom is 0.0587 e. The summed E-state index contributed by atoms with van der Waals surface area (Å²) >= 11 is 6.40. The molecule has 1 aromatic carbocycles. The van der Waals surface area contributed by atoms with Gasteiger partial charge in [0.2, 0.25) is 0 Å². The molecule has 21 heavy (non-hydrogen) atoms. The van der Waals surface area contributed by atoms with Gasteiger partial charge in [-0.25, -0.2) is 0 Å². The van der Waals surface area contributed by atoms with Crippen molar-refractivity contribution in [2.24, 2.45) is 5.92 Å². The van der Waals surface area contributed by atoms with Crippen molar-refractivity contribution in [3.05, 3.63) is 34.9 Å². The first-order valence-corrected chi connectivity index (χ1v) is 8.21. The van der Waals surface area contributed by atoms with Crippen LogP contribution in [0.15, 0.2) is 24.3 Å². The van der Waals surface area contributed by atoms with Crippen molar-refractivity contribution in [3.8, 4) is 0 Å². The summed E-state index contributed by atoms with van der Waals surface area (Å²) in [5.41, 5.74) is 1.26. The second-order valence-electron chi connectivity index (χ2n) is 5.71. The fourth-order valence-electron chi connectivity index (χ4n) is 2.96. The molecule has 1 aliphatic rings. The van der Waals surface area contributed by atoms with Crippen molar-refractivity contribution in [2.45, 2.75) is 25.2 Å². The van der Waals surface area contributed by atoms with Crippen molar-refractivity contribution in [1.29, 1.82) is 0 Å². The molecule has 0 bridgehead atoms. The predicted molar refractivity (Wildman–Crippen MR) is 87.1 cm³/mol. The van der Waals surface area contributed by atoms with E-state index in [2.05, 4.69) is 17.4 Å². The highest BCUT2D eigenvalue weighted by atomic mass is 35.5. The highest BCUT2D eigenvalue weighted by molar-refractivity contribution is 6.31. The van der Waals surface area contributed by atoms with E-state index >= 15 is 0 Å². The normalized spacial score (nSPS) is 17.8. The minimum absolute atomic E-state index is 0.457. The van der Waals surface area contributed by atoms with Crippen LogP contribution in [0.4, 0.5) is 0 Å². The molecular formula is C17H26ClNO2. The van der Waals surface area contributed by atoms with Gasteiger partial charge in [-0.05, 0) is 42.7 Å². The SMILES string of the molecule is COCCNCC(CC1CCOCC1)c1ccccc1Cl. The van der Waals surface area contributed by atoms with E-state index in [1.54, 1.807) is 7.11 Å². The lowest BCUT2D eigenvalue weighted by Gasteiger charge is -2.27. The van der Waals surface area contributed by atoms with Crippen molar-refractivity contribution in [3.63, 3.8) is 0 Å². The molecule has 0 radical (unpaired) electrons. The van der Waals surface area contributed by atoms with Gasteiger partial charge >= 0.3 is 0 Å². The molecule has 4 heteroatoms. The average molecular weight is 312 g/mol. The molecule has 0 aromatic heterocycles. The molecule has 0 spiro atoms. The van der Waals surface area contributed by atoms with Crippen LogP contribution < -0.4 is 5.32 Å². The number of hydrogen-bond acceptors (Lipinski definition) is 3. The van der Waals surface area contributed by atoms with Crippen LogP contribution in [0.1, 0.15) is 30.7 Å². The quantitative estimate of drug-likeness (QED) is 0.746. The third-order valence-electron chi connectivity index (χ3n) is 4.18. The van der Waals surface area contributed by atoms with Crippen LogP contribution in [0.2, 0.25) is 5.02 Å². The van der Waals surface area contributed by atoms with Gasteiger partial charge in [0, 0.05) is 38.4 Å². The van der Waals surface area contributed by atoms with Crippen LogP contribution in [0, 0.1) is 5.92 Å². The molecule has 1 aliphatic heterocycles. The Bertz CT molecular complexity index is 408. The van der Waals surface area contributed by atoms with Crippen molar-refractivity contribution < 1.29 is 9.47 Å². The van der Waals surface area contributed by atoms with Gasteiger partial charge in [-0.15, -0.1) is 0 Å². The zero-order valence-electron chi connectivity index (χ0n) is 12.8. The lowest BCUT2D eigenvalue weighted by atomic mass is 9.85. The number of rotatable bonds is 8. The van der Waals surface area contributed by atoms with E-state index in [1.807, 2.05) is 12.1 Å². The Balaban J connectivity index is 1.97. The second-order valence-corrected chi connectivity index (χ2v) is 6.11. The molecule has 3 nitrogen and oxygen atoms in total. The molecule has 1 N–H and O–H groups in total. The van der Waals surface area contributed by atoms with Crippen LogP contribution in [0.5, 0.6) is 0 Å². The van der Waals surface area contributed by atoms with Crippen molar-refractivity contribution in [1.82, 2.24) is 5.32 Å². The van der Waals surface area contributed by atoms with E-state index in [0.29, 0.717) is 5.92 Å². The number of hydrogen-bond donors (Lipinski definition) is 1. The van der Waals surface area contributed by atoms with Gasteiger partial charge in [-0.3, -0.25) is 0 Å². The van der Waals surface area contributed by atoms with Crippen molar-refractivity contribution >= 4 is 11.6 Å². The first-order chi connectivity index (χ1) is 10.3. The van der Waals surface area contributed by atoms with E-state index in [1.165, 1.54) is 24.8 Å². The summed E-state index contributed by atoms with van der Waals surface area (Å²) in [5, 5.41) is 4.36. The summed E-state index contributed by atoms with van der Waals surface area (Å²) in [6.45, 7) is 4.37. The summed E-state index contributed by atoms with van der Waals surface area (Å²) in [6.07, 6.45) is 3.51. The number of halogens is 1. The van der Waals surface area contributed by atoms with Crippen LogP contribution in [-0.2, 0) is 9.47 Å². The standard InChI is InChI=1S/C17H26ClNO2/c1-20-11-8-19-13-15(12-14-6-9-21-10-7-14)16-4-2-3-5-17(16)18/h2-5,14-15,19H,6-13H2,1H3. The fourth-order valence-corrected chi connectivity index (χ4v) is 3.25. The summed E-state index contributed by atoms with van der Waals surface area (Å²) in [5.74, 6) is 1.20. The maximum absolute atomic E-state index is 6.40. The van der Waals surface area contributed by atoms with E-state index in [0.717, 1.165) is 43.9 Å². The fraction of sp³-hybridized carbons (Fsp3) is 0.647. The predicted octanol–water partition coefficient (Wildman–Crippen LogP) is 3.48. The molecule has 0 saturated carbocycles. The molecule has 0 amide bonds. The third-order valence-corrected chi connectivity index (χ3v) is 4.52. The van der Waals surface area contributed by atoms with Gasteiger partial charge < -0.3 is 14.8 Å². The molecule has 2 rings (SSSR count). The molecule has 0 aliphatic carbocycles. The molecule has 1 saturated heterocycles. The van der Waals surface area contributed by atoms with Crippen LogP contribution in [-0.4, -0.2) is 40.0 Å². The maximum atomic E-state index is 6.40. The smallest absolute Gasteiger partial charge is 0.0587 e. The zero-order chi connectivity index (χ0) is 14.9. The third kappa shape index (κ3) is 5.59. The van der Waals surface area contributed by atoms with Gasteiger partial charge in [-0.1, -0.05) is 29.8 Å². The van der Waals surface area contributed by atoms with Crippen LogP contribution in [0.3, 0.4) is 0 Å². The van der Waals surface area contributed by atoms with Crippen molar-refractivity contribution in [2.75, 3.05) is 40.0 Å². The van der Waals surface area contributed by atoms with E-state index in [4.69, 9.17) is 21.1 Å². The zero-order valence-corrected chi connectivity index (χ0v) is 13.6. The molecule has 118 valence electrons. The Morgan fingerprint density at radius 3 is 2.81 bits per heavy atom. The lowest BCUT2D eigenvalue weighted by molar-refractivity contribution is 0.0616. The molecule has 1 fully saturated rings. The summed E-state index contributed by atoms with van der Waals surface area (Å²) in [4.78, 5) is 0. The monoisotopic (exact) mass is 311 g/mol. The minimum atomic E-state index is 0.457. The Kier molecular flexibility index (Phi) is 7.51. The van der Waals surface area contributed by atoms with Crippen LogP contribution >= 0.6 is 11.6 Å². The number of nitrogens with one attached hydrogen (secondary N) is 1. The van der Waals surface area contributed by atoms with Gasteiger partial charge in [0.05, 0.1) is 6.61 Å². The molecule has 1 atom stereocenters. The van der Waals surface area contributed by atoms with Gasteiger partial charge in [0.1, 0.15) is 0 Å². The first kappa shape index (κ1) is 16.8. The molecule has 1 heterocycles. The summed E-state index contributed by atoms with van der Waals surface area (Å²) in [6, 6.07) is 8.22. The lowest BCUT2D eigenvalue weighted by Crippen LogP contribution is -2.27. The topological polar surface area (TPSA) is 30.5 Å². The highest BCUT2D eigenvalue weighted by Crippen LogP contribution is 2.32. The van der Waals surface area contributed by atoms with Crippen LogP contribution in [0.25, 0.3) is 0 Å². The Morgan fingerprint density at radius 1 is 1.33 bits per heavy atom. The summed E-state index contributed by atoms with van der Waals surface area (Å²) in [7, 11) is 1.73. The first-order valence-electron chi connectivity index (χ1n) is 7.83. The molecule has 1 unspecified atom stereocenters. The molecular weight excluding hydrogens is 286 g/mol. The number of ether oxygens (including phenoxy) is 2. The van der Waals surface area contributed by atoms with Gasteiger partial charge in [0.15, 0.2) is 0 Å².